The van der Waals surface area contributed by atoms with Gasteiger partial charge in [-0.1, -0.05) is 23.7 Å². The topological polar surface area (TPSA) is 54.3 Å². The molecule has 2 N–H and O–H groups in total. The molecule has 1 aliphatic rings. The number of carbonyl (C=O) groups is 1. The van der Waals surface area contributed by atoms with E-state index >= 15 is 0 Å². The van der Waals surface area contributed by atoms with Crippen LogP contribution in [-0.2, 0) is 0 Å². The Morgan fingerprint density at radius 1 is 1.30 bits per heavy atom. The zero-order valence-corrected chi connectivity index (χ0v) is 14.3. The molecule has 6 heteroatoms. The number of hydrogen-bond donors (Lipinski definition) is 2. The van der Waals surface area contributed by atoms with E-state index in [0.717, 1.165) is 25.1 Å². The first-order valence-electron chi connectivity index (χ1n) is 7.57. The maximum absolute atomic E-state index is 12.1. The van der Waals surface area contributed by atoms with E-state index in [9.17, 15) is 4.79 Å². The third kappa shape index (κ3) is 4.50. The number of benzene rings is 1. The van der Waals surface area contributed by atoms with Gasteiger partial charge in [0.2, 0.25) is 0 Å². The van der Waals surface area contributed by atoms with E-state index in [1.807, 2.05) is 18.2 Å². The smallest absolute Gasteiger partial charge is 0.287 e. The highest BCUT2D eigenvalue weighted by Gasteiger charge is 2.16. The minimum atomic E-state index is -0.177. The lowest BCUT2D eigenvalue weighted by Crippen LogP contribution is -2.26. The van der Waals surface area contributed by atoms with Gasteiger partial charge in [-0.2, -0.15) is 0 Å². The molecule has 1 unspecified atom stereocenters. The number of hydrogen-bond acceptors (Lipinski definition) is 3. The summed E-state index contributed by atoms with van der Waals surface area (Å²) < 4.78 is 5.63. The molecule has 2 heterocycles. The third-order valence-corrected chi connectivity index (χ3v) is 4.30. The van der Waals surface area contributed by atoms with Crippen LogP contribution in [0.5, 0.6) is 0 Å². The van der Waals surface area contributed by atoms with E-state index in [1.165, 1.54) is 6.42 Å². The molecule has 0 bridgehead atoms. The summed E-state index contributed by atoms with van der Waals surface area (Å²) in [5, 5.41) is 6.85. The molecule has 0 radical (unpaired) electrons. The van der Waals surface area contributed by atoms with Crippen molar-refractivity contribution in [2.75, 3.05) is 19.6 Å². The lowest BCUT2D eigenvalue weighted by molar-refractivity contribution is 0.0925. The monoisotopic (exact) mass is 354 g/mol. The molecule has 1 aliphatic heterocycles. The lowest BCUT2D eigenvalue weighted by Gasteiger charge is -2.08. The van der Waals surface area contributed by atoms with Crippen LogP contribution < -0.4 is 10.6 Å². The van der Waals surface area contributed by atoms with Crippen molar-refractivity contribution in [2.45, 2.75) is 12.8 Å². The molecule has 1 fully saturated rings. The van der Waals surface area contributed by atoms with Gasteiger partial charge in [0.1, 0.15) is 5.76 Å². The van der Waals surface area contributed by atoms with Gasteiger partial charge in [-0.25, -0.2) is 0 Å². The van der Waals surface area contributed by atoms with Crippen molar-refractivity contribution in [3.8, 4) is 11.3 Å². The number of halogens is 2. The van der Waals surface area contributed by atoms with Gasteiger partial charge in [0.25, 0.3) is 5.91 Å². The van der Waals surface area contributed by atoms with E-state index in [4.69, 9.17) is 16.0 Å². The fourth-order valence-corrected chi connectivity index (χ4v) is 2.93. The number of rotatable bonds is 5. The molecule has 4 nitrogen and oxygen atoms in total. The molecule has 124 valence electrons. The summed E-state index contributed by atoms with van der Waals surface area (Å²) in [7, 11) is 0. The Hall–Kier alpha value is -1.49. The van der Waals surface area contributed by atoms with Gasteiger partial charge in [-0.05, 0) is 56.1 Å². The van der Waals surface area contributed by atoms with Crippen molar-refractivity contribution in [2.24, 2.45) is 5.92 Å². The molecule has 0 saturated carbocycles. The third-order valence-electron chi connectivity index (χ3n) is 3.97. The summed E-state index contributed by atoms with van der Waals surface area (Å²) in [6, 6.07) is 10.9. The largest absolute Gasteiger partial charge is 0.451 e. The van der Waals surface area contributed by atoms with E-state index < -0.39 is 0 Å². The fourth-order valence-electron chi connectivity index (χ4n) is 2.70. The van der Waals surface area contributed by atoms with Gasteiger partial charge >= 0.3 is 0 Å². The molecular formula is C17H20Cl2N2O2. The Labute approximate surface area is 147 Å². The van der Waals surface area contributed by atoms with E-state index in [-0.39, 0.29) is 18.3 Å². The number of carbonyl (C=O) groups excluding carboxylic acids is 1. The fraction of sp³-hybridized carbons (Fsp3) is 0.353. The summed E-state index contributed by atoms with van der Waals surface area (Å²) in [4.78, 5) is 12.1. The quantitative estimate of drug-likeness (QED) is 0.859. The Bertz CT molecular complexity index is 652. The standard InChI is InChI=1S/C17H19ClN2O2.ClH/c18-14-4-2-1-3-13(14)15-5-6-16(22-15)17(21)20-10-8-12-7-9-19-11-12;/h1-6,12,19H,7-11H2,(H,20,21);1H. The van der Waals surface area contributed by atoms with Gasteiger partial charge in [-0.3, -0.25) is 4.79 Å². The highest BCUT2D eigenvalue weighted by atomic mass is 35.5. The minimum Gasteiger partial charge on any atom is -0.451 e. The molecule has 0 spiro atoms. The average molecular weight is 355 g/mol. The second kappa shape index (κ2) is 8.39. The molecule has 2 aromatic rings. The van der Waals surface area contributed by atoms with Crippen molar-refractivity contribution >= 4 is 29.9 Å². The van der Waals surface area contributed by atoms with Gasteiger partial charge in [0, 0.05) is 12.1 Å². The molecule has 1 atom stereocenters. The van der Waals surface area contributed by atoms with Crippen LogP contribution in [0.1, 0.15) is 23.4 Å². The number of furan rings is 1. The normalized spacial score (nSPS) is 16.8. The second-order valence-electron chi connectivity index (χ2n) is 5.55. The van der Waals surface area contributed by atoms with Crippen LogP contribution >= 0.6 is 24.0 Å². The second-order valence-corrected chi connectivity index (χ2v) is 5.95. The van der Waals surface area contributed by atoms with Crippen LogP contribution in [0.3, 0.4) is 0 Å². The Balaban J connectivity index is 0.00000192. The molecule has 1 saturated heterocycles. The lowest BCUT2D eigenvalue weighted by atomic mass is 10.1. The van der Waals surface area contributed by atoms with Crippen molar-refractivity contribution in [3.05, 3.63) is 47.2 Å². The van der Waals surface area contributed by atoms with Crippen LogP contribution in [0.2, 0.25) is 5.02 Å². The summed E-state index contributed by atoms with van der Waals surface area (Å²) in [5.41, 5.74) is 0.792. The van der Waals surface area contributed by atoms with Gasteiger partial charge in [-0.15, -0.1) is 12.4 Å². The first-order valence-corrected chi connectivity index (χ1v) is 7.95. The summed E-state index contributed by atoms with van der Waals surface area (Å²) >= 11 is 6.14. The van der Waals surface area contributed by atoms with Crippen molar-refractivity contribution in [1.82, 2.24) is 10.6 Å². The first-order chi connectivity index (χ1) is 10.7. The SMILES string of the molecule is Cl.O=C(NCCC1CCNC1)c1ccc(-c2ccccc2Cl)o1. The first kappa shape index (κ1) is 17.9. The summed E-state index contributed by atoms with van der Waals surface area (Å²) in [6.07, 6.45) is 2.18. The molecule has 1 aromatic heterocycles. The average Bonchev–Trinajstić information content (AvgIpc) is 3.19. The molecule has 1 amide bonds. The molecule has 1 aromatic carbocycles. The Morgan fingerprint density at radius 3 is 2.87 bits per heavy atom. The predicted octanol–water partition coefficient (Wildman–Crippen LogP) is 3.75. The maximum atomic E-state index is 12.1. The van der Waals surface area contributed by atoms with Crippen molar-refractivity contribution < 1.29 is 9.21 Å². The highest BCUT2D eigenvalue weighted by Crippen LogP contribution is 2.28. The van der Waals surface area contributed by atoms with Gasteiger partial charge in [0.15, 0.2) is 5.76 Å². The number of nitrogens with one attached hydrogen (secondary N) is 2. The zero-order valence-electron chi connectivity index (χ0n) is 12.7. The zero-order chi connectivity index (χ0) is 15.4. The van der Waals surface area contributed by atoms with Crippen molar-refractivity contribution in [3.63, 3.8) is 0 Å². The van der Waals surface area contributed by atoms with E-state index in [1.54, 1.807) is 18.2 Å². The predicted molar refractivity (Wildman–Crippen MR) is 94.3 cm³/mol. The Morgan fingerprint density at radius 2 is 2.13 bits per heavy atom. The molecule has 0 aliphatic carbocycles. The van der Waals surface area contributed by atoms with Crippen LogP contribution in [0, 0.1) is 5.92 Å². The summed E-state index contributed by atoms with van der Waals surface area (Å²) in [5.74, 6) is 1.41. The molecular weight excluding hydrogens is 335 g/mol. The maximum Gasteiger partial charge on any atom is 0.287 e. The van der Waals surface area contributed by atoms with E-state index in [2.05, 4.69) is 10.6 Å². The van der Waals surface area contributed by atoms with Crippen molar-refractivity contribution in [1.29, 1.82) is 0 Å². The van der Waals surface area contributed by atoms with Gasteiger partial charge in [0.05, 0.1) is 5.02 Å². The van der Waals surface area contributed by atoms with Crippen LogP contribution in [0.15, 0.2) is 40.8 Å². The van der Waals surface area contributed by atoms with Crippen LogP contribution in [-0.4, -0.2) is 25.5 Å². The number of amides is 1. The van der Waals surface area contributed by atoms with E-state index in [0.29, 0.717) is 29.0 Å². The molecule has 3 rings (SSSR count). The van der Waals surface area contributed by atoms with Crippen LogP contribution in [0.25, 0.3) is 11.3 Å². The van der Waals surface area contributed by atoms with Crippen LogP contribution in [0.4, 0.5) is 0 Å². The molecule has 23 heavy (non-hydrogen) atoms. The van der Waals surface area contributed by atoms with Gasteiger partial charge < -0.3 is 15.1 Å². The highest BCUT2D eigenvalue weighted by molar-refractivity contribution is 6.33. The minimum absolute atomic E-state index is 0. The Kier molecular flexibility index (Phi) is 6.51. The summed E-state index contributed by atoms with van der Waals surface area (Å²) in [6.45, 7) is 2.80.